The number of nitrogens with one attached hydrogen (secondary N) is 2. The maximum Gasteiger partial charge on any atom is 0.262 e. The molecule has 0 atom stereocenters. The summed E-state index contributed by atoms with van der Waals surface area (Å²) in [6, 6.07) is 16.4. The summed E-state index contributed by atoms with van der Waals surface area (Å²) in [4.78, 5) is 12.1. The third-order valence-electron chi connectivity index (χ3n) is 4.11. The molecule has 3 aromatic rings. The smallest absolute Gasteiger partial charge is 0.262 e. The molecule has 0 bridgehead atoms. The molecule has 3 rings (SSSR count). The van der Waals surface area contributed by atoms with Crippen molar-refractivity contribution in [2.24, 2.45) is 0 Å². The molecule has 0 aliphatic carbocycles. The lowest BCUT2D eigenvalue weighted by Crippen LogP contribution is -2.20. The second-order valence-electron chi connectivity index (χ2n) is 6.80. The fraction of sp³-hybridized carbons (Fsp3) is 0.136. The monoisotopic (exact) mass is 428 g/mol. The first kappa shape index (κ1) is 21.3. The van der Waals surface area contributed by atoms with E-state index in [2.05, 4.69) is 10.0 Å². The summed E-state index contributed by atoms with van der Waals surface area (Å²) in [5, 5.41) is 2.66. The third kappa shape index (κ3) is 5.81. The van der Waals surface area contributed by atoms with Gasteiger partial charge in [-0.2, -0.15) is 0 Å². The van der Waals surface area contributed by atoms with Crippen LogP contribution in [-0.4, -0.2) is 20.9 Å². The van der Waals surface area contributed by atoms with Crippen LogP contribution < -0.4 is 14.8 Å². The first-order valence-corrected chi connectivity index (χ1v) is 10.6. The van der Waals surface area contributed by atoms with Crippen molar-refractivity contribution in [3.8, 4) is 5.75 Å². The fourth-order valence-corrected chi connectivity index (χ4v) is 3.87. The molecule has 3 aromatic carbocycles. The zero-order chi connectivity index (χ0) is 21.7. The minimum absolute atomic E-state index is 0.0105. The van der Waals surface area contributed by atoms with E-state index >= 15 is 0 Å². The quantitative estimate of drug-likeness (QED) is 0.589. The van der Waals surface area contributed by atoms with E-state index in [0.29, 0.717) is 11.4 Å². The molecule has 0 radical (unpaired) electrons. The summed E-state index contributed by atoms with van der Waals surface area (Å²) in [6.45, 7) is 3.72. The van der Waals surface area contributed by atoms with Gasteiger partial charge < -0.3 is 10.1 Å². The minimum atomic E-state index is -3.84. The van der Waals surface area contributed by atoms with Crippen molar-refractivity contribution >= 4 is 27.3 Å². The summed E-state index contributed by atoms with van der Waals surface area (Å²) in [7, 11) is -3.84. The number of ether oxygens (including phenoxy) is 1. The van der Waals surface area contributed by atoms with Crippen LogP contribution in [0.2, 0.25) is 0 Å². The van der Waals surface area contributed by atoms with Gasteiger partial charge in [0.15, 0.2) is 6.61 Å². The molecule has 0 aliphatic rings. The number of aryl methyl sites for hydroxylation is 2. The molecule has 0 saturated heterocycles. The Hall–Kier alpha value is -3.39. The zero-order valence-corrected chi connectivity index (χ0v) is 17.3. The SMILES string of the molecule is Cc1cc(C)cc(OCC(=O)Nc2ccc(S(=O)(=O)Nc3ccc(F)cc3)cc2)c1. The largest absolute Gasteiger partial charge is 0.484 e. The maximum atomic E-state index is 13.0. The summed E-state index contributed by atoms with van der Waals surface area (Å²) < 4.78 is 45.7. The average molecular weight is 428 g/mol. The molecule has 0 spiro atoms. The fourth-order valence-electron chi connectivity index (χ4n) is 2.81. The number of benzene rings is 3. The molecule has 0 saturated carbocycles. The lowest BCUT2D eigenvalue weighted by molar-refractivity contribution is -0.118. The van der Waals surface area contributed by atoms with Crippen LogP contribution in [0.3, 0.4) is 0 Å². The summed E-state index contributed by atoms with van der Waals surface area (Å²) >= 11 is 0. The first-order valence-electron chi connectivity index (χ1n) is 9.11. The predicted octanol–water partition coefficient (Wildman–Crippen LogP) is 4.26. The zero-order valence-electron chi connectivity index (χ0n) is 16.5. The van der Waals surface area contributed by atoms with Crippen LogP contribution in [0.5, 0.6) is 5.75 Å². The third-order valence-corrected chi connectivity index (χ3v) is 5.51. The minimum Gasteiger partial charge on any atom is -0.484 e. The standard InChI is InChI=1S/C22H21FN2O4S/c1-15-11-16(2)13-20(12-15)29-14-22(26)24-18-7-9-21(10-8-18)30(27,28)25-19-5-3-17(23)4-6-19/h3-13,25H,14H2,1-2H3,(H,24,26). The van der Waals surface area contributed by atoms with E-state index in [1.54, 1.807) is 0 Å². The van der Waals surface area contributed by atoms with Gasteiger partial charge in [0, 0.05) is 11.4 Å². The van der Waals surface area contributed by atoms with Crippen molar-refractivity contribution in [2.75, 3.05) is 16.6 Å². The van der Waals surface area contributed by atoms with Gasteiger partial charge in [-0.25, -0.2) is 12.8 Å². The normalized spacial score (nSPS) is 11.0. The molecule has 8 heteroatoms. The van der Waals surface area contributed by atoms with E-state index in [-0.39, 0.29) is 23.1 Å². The molecule has 0 heterocycles. The van der Waals surface area contributed by atoms with Crippen LogP contribution in [0.4, 0.5) is 15.8 Å². The molecule has 0 fully saturated rings. The van der Waals surface area contributed by atoms with Crippen LogP contribution >= 0.6 is 0 Å². The number of hydrogen-bond acceptors (Lipinski definition) is 4. The highest BCUT2D eigenvalue weighted by molar-refractivity contribution is 7.92. The van der Waals surface area contributed by atoms with E-state index < -0.39 is 15.8 Å². The van der Waals surface area contributed by atoms with Crippen LogP contribution in [0.1, 0.15) is 11.1 Å². The second kappa shape index (κ2) is 8.96. The number of carbonyl (C=O) groups is 1. The number of rotatable bonds is 7. The highest BCUT2D eigenvalue weighted by atomic mass is 32.2. The van der Waals surface area contributed by atoms with E-state index in [4.69, 9.17) is 4.74 Å². The van der Waals surface area contributed by atoms with Crippen molar-refractivity contribution < 1.29 is 22.3 Å². The Morgan fingerprint density at radius 2 is 1.47 bits per heavy atom. The first-order chi connectivity index (χ1) is 14.2. The Kier molecular flexibility index (Phi) is 6.37. The number of anilines is 2. The Balaban J connectivity index is 1.59. The van der Waals surface area contributed by atoms with E-state index in [0.717, 1.165) is 23.3 Å². The molecule has 2 N–H and O–H groups in total. The molecular formula is C22H21FN2O4S. The van der Waals surface area contributed by atoms with Crippen LogP contribution in [-0.2, 0) is 14.8 Å². The lowest BCUT2D eigenvalue weighted by Gasteiger charge is -2.10. The Bertz CT molecular complexity index is 1120. The predicted molar refractivity (Wildman–Crippen MR) is 114 cm³/mol. The van der Waals surface area contributed by atoms with E-state index in [1.165, 1.54) is 36.4 Å². The van der Waals surface area contributed by atoms with Gasteiger partial charge in [-0.1, -0.05) is 6.07 Å². The van der Waals surface area contributed by atoms with Crippen LogP contribution in [0, 0.1) is 19.7 Å². The van der Waals surface area contributed by atoms with Crippen molar-refractivity contribution in [2.45, 2.75) is 18.7 Å². The summed E-state index contributed by atoms with van der Waals surface area (Å²) in [6.07, 6.45) is 0. The van der Waals surface area contributed by atoms with Crippen molar-refractivity contribution in [3.05, 3.63) is 83.7 Å². The lowest BCUT2D eigenvalue weighted by atomic mass is 10.1. The van der Waals surface area contributed by atoms with Crippen molar-refractivity contribution in [1.29, 1.82) is 0 Å². The Labute approximate surface area is 174 Å². The number of amides is 1. The molecule has 1 amide bonds. The van der Waals surface area contributed by atoms with Gasteiger partial charge in [0.2, 0.25) is 0 Å². The number of carbonyl (C=O) groups excluding carboxylic acids is 1. The molecule has 0 aliphatic heterocycles. The molecular weight excluding hydrogens is 407 g/mol. The molecule has 6 nitrogen and oxygen atoms in total. The topological polar surface area (TPSA) is 84.5 Å². The van der Waals surface area contributed by atoms with Gasteiger partial charge in [-0.05, 0) is 85.6 Å². The summed E-state index contributed by atoms with van der Waals surface area (Å²) in [5.41, 5.74) is 2.76. The molecule has 30 heavy (non-hydrogen) atoms. The second-order valence-corrected chi connectivity index (χ2v) is 8.48. The van der Waals surface area contributed by atoms with E-state index in [9.17, 15) is 17.6 Å². The van der Waals surface area contributed by atoms with Crippen LogP contribution in [0.25, 0.3) is 0 Å². The van der Waals surface area contributed by atoms with Gasteiger partial charge in [-0.3, -0.25) is 9.52 Å². The van der Waals surface area contributed by atoms with Crippen molar-refractivity contribution in [1.82, 2.24) is 0 Å². The molecule has 156 valence electrons. The van der Waals surface area contributed by atoms with E-state index in [1.807, 2.05) is 32.0 Å². The highest BCUT2D eigenvalue weighted by Crippen LogP contribution is 2.19. The highest BCUT2D eigenvalue weighted by Gasteiger charge is 2.14. The maximum absolute atomic E-state index is 13.0. The Morgan fingerprint density at radius 1 is 0.900 bits per heavy atom. The number of halogens is 1. The van der Waals surface area contributed by atoms with Crippen molar-refractivity contribution in [3.63, 3.8) is 0 Å². The van der Waals surface area contributed by atoms with Gasteiger partial charge >= 0.3 is 0 Å². The number of sulfonamides is 1. The van der Waals surface area contributed by atoms with Gasteiger partial charge in [0.05, 0.1) is 4.90 Å². The van der Waals surface area contributed by atoms with Gasteiger partial charge in [0.1, 0.15) is 11.6 Å². The number of hydrogen-bond donors (Lipinski definition) is 2. The molecule has 0 unspecified atom stereocenters. The average Bonchev–Trinajstić information content (AvgIpc) is 2.68. The Morgan fingerprint density at radius 3 is 2.07 bits per heavy atom. The van der Waals surface area contributed by atoms with Gasteiger partial charge in [0.25, 0.3) is 15.9 Å². The molecule has 0 aromatic heterocycles. The van der Waals surface area contributed by atoms with Gasteiger partial charge in [-0.15, -0.1) is 0 Å². The summed E-state index contributed by atoms with van der Waals surface area (Å²) in [5.74, 6) is -0.218. The van der Waals surface area contributed by atoms with Crippen LogP contribution in [0.15, 0.2) is 71.6 Å².